The Morgan fingerprint density at radius 3 is 2.88 bits per heavy atom. The lowest BCUT2D eigenvalue weighted by atomic mass is 10.3. The summed E-state index contributed by atoms with van der Waals surface area (Å²) in [5.41, 5.74) is 6.05. The Morgan fingerprint density at radius 2 is 2.12 bits per heavy atom. The van der Waals surface area contributed by atoms with Crippen LogP contribution >= 0.6 is 0 Å². The van der Waals surface area contributed by atoms with Gasteiger partial charge in [-0.3, -0.25) is 0 Å². The van der Waals surface area contributed by atoms with Crippen molar-refractivity contribution in [2.24, 2.45) is 0 Å². The number of nitrogens with zero attached hydrogens (tertiary/aromatic N) is 5. The summed E-state index contributed by atoms with van der Waals surface area (Å²) in [5, 5.41) is 6.40. The molecule has 11 heteroatoms. The van der Waals surface area contributed by atoms with Crippen molar-refractivity contribution in [1.82, 2.24) is 25.1 Å². The van der Waals surface area contributed by atoms with Crippen molar-refractivity contribution in [3.63, 3.8) is 0 Å². The molecular formula is C14H12FN7O3. The molecule has 128 valence electrons. The number of hydrogen-bond donors (Lipinski definition) is 2. The number of carbonyl (C=O) groups excluding carboxylic acids is 1. The molecule has 3 rings (SSSR count). The highest BCUT2D eigenvalue weighted by Gasteiger charge is 2.19. The Balaban J connectivity index is 1.88. The average molecular weight is 345 g/mol. The molecule has 1 aromatic carbocycles. The lowest BCUT2D eigenvalue weighted by Gasteiger charge is -2.05. The molecule has 0 atom stereocenters. The second-order valence-corrected chi connectivity index (χ2v) is 4.62. The summed E-state index contributed by atoms with van der Waals surface area (Å²) in [6.45, 7) is 1.81. The van der Waals surface area contributed by atoms with Crippen LogP contribution in [0.3, 0.4) is 0 Å². The van der Waals surface area contributed by atoms with Crippen LogP contribution in [-0.4, -0.2) is 37.7 Å². The maximum absolute atomic E-state index is 13.2. The van der Waals surface area contributed by atoms with Gasteiger partial charge < -0.3 is 20.3 Å². The molecule has 2 heterocycles. The fourth-order valence-corrected chi connectivity index (χ4v) is 1.83. The average Bonchev–Trinajstić information content (AvgIpc) is 3.05. The minimum atomic E-state index is -0.763. The minimum Gasteiger partial charge on any atom is -0.459 e. The molecule has 0 spiro atoms. The zero-order valence-electron chi connectivity index (χ0n) is 12.9. The number of hydrogen-bond acceptors (Lipinski definition) is 10. The number of nitrogens with one attached hydrogen (secondary N) is 1. The summed E-state index contributed by atoms with van der Waals surface area (Å²) in [6.07, 6.45) is 0. The number of nitrogen functional groups attached to an aromatic ring is 1. The topological polar surface area (TPSA) is 142 Å². The van der Waals surface area contributed by atoms with Gasteiger partial charge in [0.1, 0.15) is 5.82 Å². The van der Waals surface area contributed by atoms with Crippen LogP contribution in [0.4, 0.5) is 22.0 Å². The molecule has 0 fully saturated rings. The van der Waals surface area contributed by atoms with Gasteiger partial charge in [-0.25, -0.2) is 9.18 Å². The molecule has 0 aliphatic rings. The Labute approximate surface area is 140 Å². The van der Waals surface area contributed by atoms with Crippen molar-refractivity contribution >= 4 is 23.6 Å². The second-order valence-electron chi connectivity index (χ2n) is 4.62. The molecular weight excluding hydrogens is 333 g/mol. The molecule has 0 aliphatic heterocycles. The molecule has 0 amide bonds. The Hall–Kier alpha value is -3.63. The predicted octanol–water partition coefficient (Wildman–Crippen LogP) is 1.56. The standard InChI is InChI=1S/C14H12FN7O3/c1-2-24-12(23)11-18-10(22-25-11)9-19-13(16)21-14(20-9)17-8-5-3-4-7(15)6-8/h3-6H,2H2,1H3,(H3,16,17,19,20,21). The van der Waals surface area contributed by atoms with E-state index in [2.05, 4.69) is 30.4 Å². The molecule has 0 radical (unpaired) electrons. The number of carbonyl (C=O) groups is 1. The largest absolute Gasteiger partial charge is 0.459 e. The zero-order chi connectivity index (χ0) is 17.8. The van der Waals surface area contributed by atoms with E-state index in [1.165, 1.54) is 18.2 Å². The number of aromatic nitrogens is 5. The fraction of sp³-hybridized carbons (Fsp3) is 0.143. The van der Waals surface area contributed by atoms with Gasteiger partial charge in [0.15, 0.2) is 0 Å². The van der Waals surface area contributed by atoms with Crippen molar-refractivity contribution in [3.05, 3.63) is 36.0 Å². The van der Waals surface area contributed by atoms with E-state index in [4.69, 9.17) is 15.0 Å². The molecule has 0 bridgehead atoms. The van der Waals surface area contributed by atoms with Gasteiger partial charge in [0.25, 0.3) is 0 Å². The Morgan fingerprint density at radius 1 is 1.28 bits per heavy atom. The third-order valence-corrected chi connectivity index (χ3v) is 2.81. The third kappa shape index (κ3) is 3.83. The SMILES string of the molecule is CCOC(=O)c1nc(-c2nc(N)nc(Nc3cccc(F)c3)n2)no1. The third-order valence-electron chi connectivity index (χ3n) is 2.81. The first kappa shape index (κ1) is 16.2. The van der Waals surface area contributed by atoms with E-state index in [1.54, 1.807) is 13.0 Å². The van der Waals surface area contributed by atoms with Gasteiger partial charge in [-0.1, -0.05) is 11.2 Å². The monoisotopic (exact) mass is 345 g/mol. The maximum Gasteiger partial charge on any atom is 0.397 e. The number of halogens is 1. The number of esters is 1. The van der Waals surface area contributed by atoms with Crippen LogP contribution in [0.25, 0.3) is 11.6 Å². The van der Waals surface area contributed by atoms with E-state index in [0.29, 0.717) is 5.69 Å². The minimum absolute atomic E-state index is 0.0225. The fourth-order valence-electron chi connectivity index (χ4n) is 1.83. The van der Waals surface area contributed by atoms with Gasteiger partial charge in [-0.2, -0.15) is 19.9 Å². The molecule has 10 nitrogen and oxygen atoms in total. The highest BCUT2D eigenvalue weighted by Crippen LogP contribution is 2.18. The summed E-state index contributed by atoms with van der Waals surface area (Å²) in [6, 6.07) is 5.70. The molecule has 3 aromatic rings. The smallest absolute Gasteiger partial charge is 0.397 e. The summed E-state index contributed by atoms with van der Waals surface area (Å²) >= 11 is 0. The van der Waals surface area contributed by atoms with Gasteiger partial charge >= 0.3 is 11.9 Å². The highest BCUT2D eigenvalue weighted by atomic mass is 19.1. The van der Waals surface area contributed by atoms with Crippen molar-refractivity contribution in [2.75, 3.05) is 17.7 Å². The molecule has 0 aliphatic carbocycles. The van der Waals surface area contributed by atoms with Crippen LogP contribution < -0.4 is 11.1 Å². The molecule has 0 unspecified atom stereocenters. The molecule has 25 heavy (non-hydrogen) atoms. The summed E-state index contributed by atoms with van der Waals surface area (Å²) in [4.78, 5) is 27.3. The van der Waals surface area contributed by atoms with Crippen LogP contribution in [-0.2, 0) is 4.74 Å². The lowest BCUT2D eigenvalue weighted by Crippen LogP contribution is -2.06. The number of anilines is 3. The lowest BCUT2D eigenvalue weighted by molar-refractivity contribution is 0.0470. The second kappa shape index (κ2) is 6.86. The predicted molar refractivity (Wildman–Crippen MR) is 83.2 cm³/mol. The summed E-state index contributed by atoms with van der Waals surface area (Å²) in [5.74, 6) is -1.69. The van der Waals surface area contributed by atoms with E-state index < -0.39 is 11.8 Å². The van der Waals surface area contributed by atoms with Gasteiger partial charge in [-0.05, 0) is 25.1 Å². The van der Waals surface area contributed by atoms with E-state index >= 15 is 0 Å². The van der Waals surface area contributed by atoms with Crippen molar-refractivity contribution in [1.29, 1.82) is 0 Å². The molecule has 0 saturated carbocycles. The first-order valence-electron chi connectivity index (χ1n) is 7.10. The summed E-state index contributed by atoms with van der Waals surface area (Å²) < 4.78 is 22.8. The summed E-state index contributed by atoms with van der Waals surface area (Å²) in [7, 11) is 0. The van der Waals surface area contributed by atoms with Gasteiger partial charge in [0.05, 0.1) is 6.61 Å². The highest BCUT2D eigenvalue weighted by molar-refractivity contribution is 5.84. The quantitative estimate of drug-likeness (QED) is 0.654. The molecule has 3 N–H and O–H groups in total. The van der Waals surface area contributed by atoms with Gasteiger partial charge in [-0.15, -0.1) is 0 Å². The van der Waals surface area contributed by atoms with E-state index in [1.807, 2.05) is 0 Å². The van der Waals surface area contributed by atoms with Crippen LogP contribution in [0.1, 0.15) is 17.6 Å². The van der Waals surface area contributed by atoms with E-state index in [0.717, 1.165) is 0 Å². The number of nitrogens with two attached hydrogens (primary N) is 1. The van der Waals surface area contributed by atoms with Crippen molar-refractivity contribution in [2.45, 2.75) is 6.92 Å². The number of rotatable bonds is 5. The van der Waals surface area contributed by atoms with Gasteiger partial charge in [0.2, 0.25) is 23.5 Å². The number of ether oxygens (including phenoxy) is 1. The Bertz CT molecular complexity index is 915. The Kier molecular flexibility index (Phi) is 4.46. The number of benzene rings is 1. The maximum atomic E-state index is 13.2. The van der Waals surface area contributed by atoms with Crippen molar-refractivity contribution in [3.8, 4) is 11.6 Å². The zero-order valence-corrected chi connectivity index (χ0v) is 12.9. The molecule has 0 saturated heterocycles. The van der Waals surface area contributed by atoms with Crippen LogP contribution in [0, 0.1) is 5.82 Å². The molecule has 2 aromatic heterocycles. The van der Waals surface area contributed by atoms with Crippen molar-refractivity contribution < 1.29 is 18.4 Å². The van der Waals surface area contributed by atoms with E-state index in [-0.39, 0.29) is 36.0 Å². The van der Waals surface area contributed by atoms with E-state index in [9.17, 15) is 9.18 Å². The van der Waals surface area contributed by atoms with Crippen LogP contribution in [0.15, 0.2) is 28.8 Å². The van der Waals surface area contributed by atoms with Crippen LogP contribution in [0.2, 0.25) is 0 Å². The normalized spacial score (nSPS) is 10.5. The first-order chi connectivity index (χ1) is 12.0. The van der Waals surface area contributed by atoms with Gasteiger partial charge in [0, 0.05) is 5.69 Å². The van der Waals surface area contributed by atoms with Crippen LogP contribution in [0.5, 0.6) is 0 Å². The first-order valence-corrected chi connectivity index (χ1v) is 7.10.